The molecule has 7 heteroatoms. The van der Waals surface area contributed by atoms with Gasteiger partial charge in [-0.15, -0.1) is 0 Å². The Bertz CT molecular complexity index is 1130. The van der Waals surface area contributed by atoms with Crippen LogP contribution in [0.5, 0.6) is 11.6 Å². The lowest BCUT2D eigenvalue weighted by Gasteiger charge is -2.36. The third kappa shape index (κ3) is 6.18. The van der Waals surface area contributed by atoms with E-state index in [1.807, 2.05) is 18.2 Å². The predicted molar refractivity (Wildman–Crippen MR) is 131 cm³/mol. The molecule has 0 unspecified atom stereocenters. The lowest BCUT2D eigenvalue weighted by atomic mass is 10.0. The summed E-state index contributed by atoms with van der Waals surface area (Å²) < 4.78 is 19.2. The zero-order chi connectivity index (χ0) is 24.1. The van der Waals surface area contributed by atoms with Gasteiger partial charge in [0.25, 0.3) is 5.91 Å². The minimum Gasteiger partial charge on any atom is -0.438 e. The first kappa shape index (κ1) is 23.9. The molecule has 6 nitrogen and oxygen atoms in total. The van der Waals surface area contributed by atoms with Gasteiger partial charge >= 0.3 is 0 Å². The average Bonchev–Trinajstić information content (AvgIpc) is 2.80. The van der Waals surface area contributed by atoms with Crippen molar-refractivity contribution >= 4 is 5.91 Å². The number of primary amides is 1. The Kier molecular flexibility index (Phi) is 7.55. The van der Waals surface area contributed by atoms with E-state index >= 15 is 0 Å². The molecule has 0 spiro atoms. The van der Waals surface area contributed by atoms with Crippen LogP contribution in [0.1, 0.15) is 36.2 Å². The highest BCUT2D eigenvalue weighted by atomic mass is 19.1. The zero-order valence-corrected chi connectivity index (χ0v) is 19.6. The Hall–Kier alpha value is -3.29. The normalized spacial score (nSPS) is 18.6. The molecule has 0 saturated carbocycles. The smallest absolute Gasteiger partial charge is 0.254 e. The van der Waals surface area contributed by atoms with Gasteiger partial charge in [-0.05, 0) is 68.1 Å². The molecule has 0 aliphatic carbocycles. The van der Waals surface area contributed by atoms with Crippen LogP contribution in [0.25, 0.3) is 11.1 Å². The van der Waals surface area contributed by atoms with Crippen LogP contribution in [0.2, 0.25) is 0 Å². The maximum atomic E-state index is 13.4. The Labute approximate surface area is 199 Å². The Morgan fingerprint density at radius 2 is 1.85 bits per heavy atom. The number of ether oxygens (including phenoxy) is 1. The molecule has 34 heavy (non-hydrogen) atoms. The average molecular weight is 463 g/mol. The SMILES string of the molecule is C[C@@H]1CN(CCCc2ccc(-c3cccc(Oc4ncc(F)cc4C(N)=O)c3)cc2)C[C@H](C)N1. The van der Waals surface area contributed by atoms with Crippen LogP contribution in [-0.4, -0.2) is 47.5 Å². The van der Waals surface area contributed by atoms with E-state index < -0.39 is 11.7 Å². The van der Waals surface area contributed by atoms with Crippen molar-refractivity contribution in [2.45, 2.75) is 38.8 Å². The third-order valence-corrected chi connectivity index (χ3v) is 5.99. The predicted octanol–water partition coefficient (Wildman–Crippen LogP) is 4.39. The van der Waals surface area contributed by atoms with Gasteiger partial charge in [-0.2, -0.15) is 0 Å². The highest BCUT2D eigenvalue weighted by molar-refractivity contribution is 5.95. The van der Waals surface area contributed by atoms with Gasteiger partial charge in [-0.3, -0.25) is 4.79 Å². The number of piperazine rings is 1. The van der Waals surface area contributed by atoms with Crippen molar-refractivity contribution in [1.29, 1.82) is 0 Å². The Balaban J connectivity index is 1.38. The van der Waals surface area contributed by atoms with Crippen molar-refractivity contribution in [3.63, 3.8) is 0 Å². The second-order valence-electron chi connectivity index (χ2n) is 9.03. The summed E-state index contributed by atoms with van der Waals surface area (Å²) >= 11 is 0. The van der Waals surface area contributed by atoms with E-state index in [1.165, 1.54) is 5.56 Å². The maximum Gasteiger partial charge on any atom is 0.254 e. The standard InChI is InChI=1S/C27H31FN4O2/c1-18-16-32(17-19(2)31-18)12-4-5-20-8-10-21(11-9-20)22-6-3-7-24(13-22)34-27-25(26(29)33)14-23(28)15-30-27/h3,6-11,13-15,18-19,31H,4-5,12,16-17H2,1-2H3,(H2,29,33)/t18-,19+. The van der Waals surface area contributed by atoms with Crippen molar-refractivity contribution in [1.82, 2.24) is 15.2 Å². The van der Waals surface area contributed by atoms with Crippen LogP contribution in [0.15, 0.2) is 60.8 Å². The molecule has 2 heterocycles. The number of nitrogens with two attached hydrogens (primary N) is 1. The number of rotatable bonds is 8. The topological polar surface area (TPSA) is 80.5 Å². The highest BCUT2D eigenvalue weighted by Gasteiger charge is 2.20. The molecule has 1 aromatic heterocycles. The maximum absolute atomic E-state index is 13.4. The number of benzene rings is 2. The first-order valence-electron chi connectivity index (χ1n) is 11.7. The molecule has 2 atom stereocenters. The van der Waals surface area contributed by atoms with Gasteiger partial charge in [-0.1, -0.05) is 36.4 Å². The molecular formula is C27H31FN4O2. The largest absolute Gasteiger partial charge is 0.438 e. The van der Waals surface area contributed by atoms with Crippen LogP contribution in [0.3, 0.4) is 0 Å². The number of aryl methyl sites for hydroxylation is 1. The molecule has 3 N–H and O–H groups in total. The first-order chi connectivity index (χ1) is 16.4. The molecule has 0 bridgehead atoms. The van der Waals surface area contributed by atoms with Crippen molar-refractivity contribution in [2.75, 3.05) is 19.6 Å². The summed E-state index contributed by atoms with van der Waals surface area (Å²) in [5.41, 5.74) is 8.57. The fourth-order valence-corrected chi connectivity index (χ4v) is 4.53. The molecule has 2 aromatic carbocycles. The number of carbonyl (C=O) groups is 1. The molecule has 1 fully saturated rings. The van der Waals surface area contributed by atoms with Crippen LogP contribution >= 0.6 is 0 Å². The first-order valence-corrected chi connectivity index (χ1v) is 11.7. The van der Waals surface area contributed by atoms with Gasteiger partial charge in [0, 0.05) is 25.2 Å². The summed E-state index contributed by atoms with van der Waals surface area (Å²) in [6, 6.07) is 18.1. The Morgan fingerprint density at radius 3 is 2.56 bits per heavy atom. The van der Waals surface area contributed by atoms with Gasteiger partial charge in [0.1, 0.15) is 17.1 Å². The van der Waals surface area contributed by atoms with Crippen LogP contribution in [-0.2, 0) is 6.42 Å². The van der Waals surface area contributed by atoms with Gasteiger partial charge in [-0.25, -0.2) is 9.37 Å². The van der Waals surface area contributed by atoms with Crippen LogP contribution < -0.4 is 15.8 Å². The molecule has 178 valence electrons. The van der Waals surface area contributed by atoms with Crippen LogP contribution in [0, 0.1) is 5.82 Å². The number of aromatic nitrogens is 1. The fourth-order valence-electron chi connectivity index (χ4n) is 4.53. The third-order valence-electron chi connectivity index (χ3n) is 5.99. The lowest BCUT2D eigenvalue weighted by molar-refractivity contribution is 0.0997. The zero-order valence-electron chi connectivity index (χ0n) is 19.6. The molecule has 1 aliphatic heterocycles. The van der Waals surface area contributed by atoms with E-state index in [2.05, 4.69) is 53.3 Å². The monoisotopic (exact) mass is 462 g/mol. The summed E-state index contributed by atoms with van der Waals surface area (Å²) in [5, 5.41) is 3.58. The van der Waals surface area contributed by atoms with E-state index in [-0.39, 0.29) is 11.4 Å². The minimum absolute atomic E-state index is 0.0188. The fraction of sp³-hybridized carbons (Fsp3) is 0.333. The summed E-state index contributed by atoms with van der Waals surface area (Å²) in [6.07, 6.45) is 3.17. The number of nitrogens with zero attached hydrogens (tertiary/aromatic N) is 2. The molecular weight excluding hydrogens is 431 g/mol. The number of nitrogens with one attached hydrogen (secondary N) is 1. The number of carbonyl (C=O) groups excluding carboxylic acids is 1. The number of halogens is 1. The summed E-state index contributed by atoms with van der Waals surface area (Å²) in [7, 11) is 0. The van der Waals surface area contributed by atoms with E-state index in [4.69, 9.17) is 10.5 Å². The van der Waals surface area contributed by atoms with Crippen molar-refractivity contribution in [3.8, 4) is 22.8 Å². The highest BCUT2D eigenvalue weighted by Crippen LogP contribution is 2.28. The number of hydrogen-bond acceptors (Lipinski definition) is 5. The van der Waals surface area contributed by atoms with Gasteiger partial charge in [0.15, 0.2) is 0 Å². The van der Waals surface area contributed by atoms with Gasteiger partial charge in [0.2, 0.25) is 5.88 Å². The van der Waals surface area contributed by atoms with E-state index in [0.717, 1.165) is 55.9 Å². The summed E-state index contributed by atoms with van der Waals surface area (Å²) in [5.74, 6) is -0.973. The van der Waals surface area contributed by atoms with Gasteiger partial charge in [0.05, 0.1) is 6.20 Å². The second-order valence-corrected chi connectivity index (χ2v) is 9.03. The number of pyridine rings is 1. The molecule has 1 saturated heterocycles. The van der Waals surface area contributed by atoms with E-state index in [1.54, 1.807) is 6.07 Å². The molecule has 3 aromatic rings. The lowest BCUT2D eigenvalue weighted by Crippen LogP contribution is -2.54. The number of amides is 1. The summed E-state index contributed by atoms with van der Waals surface area (Å²) in [6.45, 7) is 7.82. The molecule has 1 aliphatic rings. The van der Waals surface area contributed by atoms with Crippen molar-refractivity contribution < 1.29 is 13.9 Å². The van der Waals surface area contributed by atoms with E-state index in [9.17, 15) is 9.18 Å². The van der Waals surface area contributed by atoms with Crippen LogP contribution in [0.4, 0.5) is 4.39 Å². The second kappa shape index (κ2) is 10.8. The van der Waals surface area contributed by atoms with Gasteiger partial charge < -0.3 is 20.7 Å². The molecule has 4 rings (SSSR count). The van der Waals surface area contributed by atoms with Crippen molar-refractivity contribution in [2.24, 2.45) is 5.73 Å². The quantitative estimate of drug-likeness (QED) is 0.519. The van der Waals surface area contributed by atoms with Crippen molar-refractivity contribution in [3.05, 3.63) is 77.7 Å². The Morgan fingerprint density at radius 1 is 1.12 bits per heavy atom. The molecule has 0 radical (unpaired) electrons. The minimum atomic E-state index is -0.797. The number of hydrogen-bond donors (Lipinski definition) is 2. The molecule has 1 amide bonds. The summed E-state index contributed by atoms with van der Waals surface area (Å²) in [4.78, 5) is 18.0. The van der Waals surface area contributed by atoms with E-state index in [0.29, 0.717) is 17.8 Å².